The molecule has 1 aromatic heterocycles. The predicted molar refractivity (Wildman–Crippen MR) is 66.5 cm³/mol. The van der Waals surface area contributed by atoms with E-state index in [-0.39, 0.29) is 0 Å². The minimum Gasteiger partial charge on any atom is -0.382 e. The first-order valence-electron chi connectivity index (χ1n) is 6.00. The molecule has 0 aliphatic carbocycles. The van der Waals surface area contributed by atoms with Gasteiger partial charge in [0.15, 0.2) is 0 Å². The average Bonchev–Trinajstić information content (AvgIpc) is 2.34. The van der Waals surface area contributed by atoms with E-state index in [1.807, 2.05) is 32.4 Å². The SMILES string of the molecule is CCOCCCC(Cc1cccnc1)NC. The van der Waals surface area contributed by atoms with E-state index in [0.29, 0.717) is 6.04 Å². The van der Waals surface area contributed by atoms with Crippen LogP contribution in [0.5, 0.6) is 0 Å². The van der Waals surface area contributed by atoms with Crippen molar-refractivity contribution in [2.45, 2.75) is 32.2 Å². The van der Waals surface area contributed by atoms with Crippen molar-refractivity contribution in [2.24, 2.45) is 0 Å². The second kappa shape index (κ2) is 8.25. The lowest BCUT2D eigenvalue weighted by Crippen LogP contribution is -2.27. The molecule has 0 amide bonds. The van der Waals surface area contributed by atoms with Gasteiger partial charge in [-0.3, -0.25) is 4.98 Å². The van der Waals surface area contributed by atoms with E-state index >= 15 is 0 Å². The summed E-state index contributed by atoms with van der Waals surface area (Å²) in [6.07, 6.45) is 7.04. The lowest BCUT2D eigenvalue weighted by molar-refractivity contribution is 0.141. The van der Waals surface area contributed by atoms with Crippen LogP contribution in [0.2, 0.25) is 0 Å². The van der Waals surface area contributed by atoms with Gasteiger partial charge in [0.1, 0.15) is 0 Å². The predicted octanol–water partition coefficient (Wildman–Crippen LogP) is 2.03. The topological polar surface area (TPSA) is 34.1 Å². The minimum atomic E-state index is 0.518. The van der Waals surface area contributed by atoms with Gasteiger partial charge in [-0.1, -0.05) is 6.07 Å². The summed E-state index contributed by atoms with van der Waals surface area (Å²) in [6, 6.07) is 4.63. The highest BCUT2D eigenvalue weighted by Gasteiger charge is 2.06. The Kier molecular flexibility index (Phi) is 6.77. The Bertz CT molecular complexity index is 264. The molecule has 1 rings (SSSR count). The Balaban J connectivity index is 2.26. The summed E-state index contributed by atoms with van der Waals surface area (Å²) in [5.41, 5.74) is 1.29. The molecule has 0 spiro atoms. The second-order valence-corrected chi connectivity index (χ2v) is 3.89. The van der Waals surface area contributed by atoms with Gasteiger partial charge in [-0.15, -0.1) is 0 Å². The van der Waals surface area contributed by atoms with Gasteiger partial charge < -0.3 is 10.1 Å². The maximum absolute atomic E-state index is 5.34. The summed E-state index contributed by atoms with van der Waals surface area (Å²) in [5, 5.41) is 3.34. The van der Waals surface area contributed by atoms with Gasteiger partial charge in [0, 0.05) is 31.6 Å². The van der Waals surface area contributed by atoms with Crippen LogP contribution in [0, 0.1) is 0 Å². The summed E-state index contributed by atoms with van der Waals surface area (Å²) in [4.78, 5) is 4.13. The van der Waals surface area contributed by atoms with Gasteiger partial charge in [0.25, 0.3) is 0 Å². The number of nitrogens with one attached hydrogen (secondary N) is 1. The van der Waals surface area contributed by atoms with E-state index in [0.717, 1.165) is 32.5 Å². The van der Waals surface area contributed by atoms with Crippen LogP contribution in [-0.2, 0) is 11.2 Å². The summed E-state index contributed by atoms with van der Waals surface area (Å²) in [6.45, 7) is 3.71. The van der Waals surface area contributed by atoms with Crippen molar-refractivity contribution < 1.29 is 4.74 Å². The lowest BCUT2D eigenvalue weighted by atomic mass is 10.0. The van der Waals surface area contributed by atoms with Gasteiger partial charge in [-0.25, -0.2) is 0 Å². The van der Waals surface area contributed by atoms with Crippen LogP contribution >= 0.6 is 0 Å². The third kappa shape index (κ3) is 5.24. The third-order valence-corrected chi connectivity index (χ3v) is 2.66. The zero-order valence-electron chi connectivity index (χ0n) is 10.3. The molecule has 1 heterocycles. The van der Waals surface area contributed by atoms with E-state index in [4.69, 9.17) is 4.74 Å². The molecule has 0 radical (unpaired) electrons. The van der Waals surface area contributed by atoms with Crippen molar-refractivity contribution in [1.29, 1.82) is 0 Å². The molecule has 3 nitrogen and oxygen atoms in total. The molecule has 1 unspecified atom stereocenters. The molecule has 3 heteroatoms. The fourth-order valence-corrected chi connectivity index (χ4v) is 1.73. The van der Waals surface area contributed by atoms with Crippen molar-refractivity contribution in [3.8, 4) is 0 Å². The highest BCUT2D eigenvalue weighted by molar-refractivity contribution is 5.10. The monoisotopic (exact) mass is 222 g/mol. The number of aromatic nitrogens is 1. The molecule has 0 aromatic carbocycles. The van der Waals surface area contributed by atoms with Crippen molar-refractivity contribution in [1.82, 2.24) is 10.3 Å². The normalized spacial score (nSPS) is 12.6. The maximum atomic E-state index is 5.34. The Morgan fingerprint density at radius 3 is 3.00 bits per heavy atom. The first kappa shape index (κ1) is 13.1. The largest absolute Gasteiger partial charge is 0.382 e. The highest BCUT2D eigenvalue weighted by atomic mass is 16.5. The third-order valence-electron chi connectivity index (χ3n) is 2.66. The van der Waals surface area contributed by atoms with E-state index in [2.05, 4.69) is 16.4 Å². The van der Waals surface area contributed by atoms with Gasteiger partial charge >= 0.3 is 0 Å². The van der Waals surface area contributed by atoms with Gasteiger partial charge in [0.2, 0.25) is 0 Å². The molecule has 0 fully saturated rings. The Labute approximate surface area is 98.2 Å². The Morgan fingerprint density at radius 2 is 2.38 bits per heavy atom. The first-order chi connectivity index (χ1) is 7.86. The number of hydrogen-bond donors (Lipinski definition) is 1. The van der Waals surface area contributed by atoms with Crippen molar-refractivity contribution in [3.05, 3.63) is 30.1 Å². The first-order valence-corrected chi connectivity index (χ1v) is 6.00. The average molecular weight is 222 g/mol. The van der Waals surface area contributed by atoms with Crippen molar-refractivity contribution in [2.75, 3.05) is 20.3 Å². The molecule has 1 N–H and O–H groups in total. The summed E-state index contributed by atoms with van der Waals surface area (Å²) < 4.78 is 5.34. The van der Waals surface area contributed by atoms with Gasteiger partial charge in [0.05, 0.1) is 0 Å². The van der Waals surface area contributed by atoms with Crippen LogP contribution in [0.3, 0.4) is 0 Å². The molecule has 1 aromatic rings. The molecule has 0 aliphatic heterocycles. The van der Waals surface area contributed by atoms with Crippen LogP contribution in [0.15, 0.2) is 24.5 Å². The number of pyridine rings is 1. The van der Waals surface area contributed by atoms with E-state index in [9.17, 15) is 0 Å². The molecule has 0 bridgehead atoms. The number of ether oxygens (including phenoxy) is 1. The standard InChI is InChI=1S/C13H22N2O/c1-3-16-9-5-7-13(14-2)10-12-6-4-8-15-11-12/h4,6,8,11,13-14H,3,5,7,9-10H2,1-2H3. The van der Waals surface area contributed by atoms with E-state index < -0.39 is 0 Å². The molecular formula is C13H22N2O. The van der Waals surface area contributed by atoms with E-state index in [1.165, 1.54) is 5.56 Å². The highest BCUT2D eigenvalue weighted by Crippen LogP contribution is 2.06. The second-order valence-electron chi connectivity index (χ2n) is 3.89. The van der Waals surface area contributed by atoms with Crippen LogP contribution in [0.1, 0.15) is 25.3 Å². The van der Waals surface area contributed by atoms with Gasteiger partial charge in [-0.05, 0) is 44.9 Å². The molecular weight excluding hydrogens is 200 g/mol. The van der Waals surface area contributed by atoms with Crippen LogP contribution in [0.25, 0.3) is 0 Å². The number of nitrogens with zero attached hydrogens (tertiary/aromatic N) is 1. The molecule has 90 valence electrons. The number of hydrogen-bond acceptors (Lipinski definition) is 3. The summed E-state index contributed by atoms with van der Waals surface area (Å²) >= 11 is 0. The van der Waals surface area contributed by atoms with Crippen molar-refractivity contribution in [3.63, 3.8) is 0 Å². The fourth-order valence-electron chi connectivity index (χ4n) is 1.73. The molecule has 1 atom stereocenters. The quantitative estimate of drug-likeness (QED) is 0.683. The summed E-state index contributed by atoms with van der Waals surface area (Å²) in [5.74, 6) is 0. The van der Waals surface area contributed by atoms with Crippen molar-refractivity contribution >= 4 is 0 Å². The Hall–Kier alpha value is -0.930. The zero-order chi connectivity index (χ0) is 11.6. The van der Waals surface area contributed by atoms with Gasteiger partial charge in [-0.2, -0.15) is 0 Å². The van der Waals surface area contributed by atoms with Crippen LogP contribution in [-0.4, -0.2) is 31.3 Å². The molecule has 0 saturated carbocycles. The molecule has 0 saturated heterocycles. The minimum absolute atomic E-state index is 0.518. The maximum Gasteiger partial charge on any atom is 0.0466 e. The van der Waals surface area contributed by atoms with E-state index in [1.54, 1.807) is 0 Å². The van der Waals surface area contributed by atoms with Crippen LogP contribution in [0.4, 0.5) is 0 Å². The smallest absolute Gasteiger partial charge is 0.0466 e. The Morgan fingerprint density at radius 1 is 1.50 bits per heavy atom. The lowest BCUT2D eigenvalue weighted by Gasteiger charge is -2.15. The fraction of sp³-hybridized carbons (Fsp3) is 0.615. The number of rotatable bonds is 8. The molecule has 16 heavy (non-hydrogen) atoms. The number of likely N-dealkylation sites (N-methyl/N-ethyl adjacent to an activating group) is 1. The molecule has 0 aliphatic rings. The van der Waals surface area contributed by atoms with Crippen LogP contribution < -0.4 is 5.32 Å². The summed E-state index contributed by atoms with van der Waals surface area (Å²) in [7, 11) is 2.02. The zero-order valence-corrected chi connectivity index (χ0v) is 10.3.